The predicted octanol–water partition coefficient (Wildman–Crippen LogP) is 3.49. The Morgan fingerprint density at radius 1 is 1.45 bits per heavy atom. The number of benzene rings is 1. The number of rotatable bonds is 6. The van der Waals surface area contributed by atoms with Gasteiger partial charge in [0.1, 0.15) is 0 Å². The summed E-state index contributed by atoms with van der Waals surface area (Å²) in [4.78, 5) is 5.38. The number of nitrogens with one attached hydrogen (secondary N) is 1. The maximum absolute atomic E-state index is 13.9. The zero-order valence-electron chi connectivity index (χ0n) is 11.9. The van der Waals surface area contributed by atoms with Gasteiger partial charge >= 0.3 is 0 Å². The van der Waals surface area contributed by atoms with Crippen LogP contribution in [0.15, 0.2) is 23.7 Å². The van der Waals surface area contributed by atoms with E-state index in [2.05, 4.69) is 10.3 Å². The van der Waals surface area contributed by atoms with E-state index in [4.69, 9.17) is 4.74 Å². The molecule has 0 bridgehead atoms. The number of nitrogens with zero attached hydrogens (tertiary/aromatic N) is 1. The fourth-order valence-corrected chi connectivity index (χ4v) is 2.75. The van der Waals surface area contributed by atoms with Gasteiger partial charge in [0, 0.05) is 22.9 Å². The second kappa shape index (κ2) is 6.81. The Bertz CT molecular complexity index is 571. The van der Waals surface area contributed by atoms with E-state index in [1.165, 1.54) is 10.9 Å². The minimum absolute atomic E-state index is 0.0471. The van der Waals surface area contributed by atoms with Crippen LogP contribution in [0.1, 0.15) is 29.1 Å². The van der Waals surface area contributed by atoms with Crippen LogP contribution >= 0.6 is 11.3 Å². The molecule has 5 heteroatoms. The van der Waals surface area contributed by atoms with E-state index in [0.29, 0.717) is 12.4 Å². The summed E-state index contributed by atoms with van der Waals surface area (Å²) in [6, 6.07) is 5.07. The quantitative estimate of drug-likeness (QED) is 0.885. The fraction of sp³-hybridized carbons (Fsp3) is 0.400. The van der Waals surface area contributed by atoms with E-state index in [1.54, 1.807) is 17.4 Å². The smallest absolute Gasteiger partial charge is 0.165 e. The Balaban J connectivity index is 2.07. The average Bonchev–Trinajstić information content (AvgIpc) is 2.85. The second-order valence-corrected chi connectivity index (χ2v) is 5.57. The normalized spacial score (nSPS) is 12.4. The Hall–Kier alpha value is -1.46. The van der Waals surface area contributed by atoms with Gasteiger partial charge in [-0.2, -0.15) is 0 Å². The van der Waals surface area contributed by atoms with Crippen molar-refractivity contribution in [1.29, 1.82) is 0 Å². The van der Waals surface area contributed by atoms with E-state index < -0.39 is 0 Å². The number of aromatic nitrogens is 1. The summed E-state index contributed by atoms with van der Waals surface area (Å²) in [5.74, 6) is 0.0298. The van der Waals surface area contributed by atoms with Gasteiger partial charge < -0.3 is 10.1 Å². The molecule has 108 valence electrons. The maximum Gasteiger partial charge on any atom is 0.165 e. The lowest BCUT2D eigenvalue weighted by Gasteiger charge is -2.17. The van der Waals surface area contributed by atoms with Crippen LogP contribution in [0.25, 0.3) is 0 Å². The zero-order chi connectivity index (χ0) is 14.5. The van der Waals surface area contributed by atoms with Crippen molar-refractivity contribution in [1.82, 2.24) is 10.3 Å². The average molecular weight is 294 g/mol. The van der Waals surface area contributed by atoms with Crippen molar-refractivity contribution in [3.8, 4) is 5.75 Å². The highest BCUT2D eigenvalue weighted by atomic mass is 32.1. The van der Waals surface area contributed by atoms with Gasteiger partial charge in [-0.25, -0.2) is 9.37 Å². The highest BCUT2D eigenvalue weighted by Crippen LogP contribution is 2.28. The van der Waals surface area contributed by atoms with Crippen LogP contribution in [0.4, 0.5) is 4.39 Å². The summed E-state index contributed by atoms with van der Waals surface area (Å²) in [5, 5.41) is 3.11. The summed E-state index contributed by atoms with van der Waals surface area (Å²) >= 11 is 1.61. The van der Waals surface area contributed by atoms with E-state index in [-0.39, 0.29) is 11.9 Å². The highest BCUT2D eigenvalue weighted by Gasteiger charge is 2.14. The molecule has 1 N–H and O–H groups in total. The van der Waals surface area contributed by atoms with E-state index >= 15 is 0 Å². The van der Waals surface area contributed by atoms with Crippen molar-refractivity contribution in [2.24, 2.45) is 0 Å². The molecule has 0 radical (unpaired) electrons. The Morgan fingerprint density at radius 3 is 2.90 bits per heavy atom. The van der Waals surface area contributed by atoms with Crippen molar-refractivity contribution < 1.29 is 9.13 Å². The van der Waals surface area contributed by atoms with Crippen LogP contribution in [0.2, 0.25) is 0 Å². The van der Waals surface area contributed by atoms with E-state index in [9.17, 15) is 4.39 Å². The summed E-state index contributed by atoms with van der Waals surface area (Å²) in [7, 11) is 1.85. The molecule has 0 amide bonds. The molecule has 0 aliphatic carbocycles. The molecule has 2 rings (SSSR count). The SMILES string of the molecule is CNC(C)c1cccc(F)c1OCCc1scnc1C. The molecule has 1 aromatic heterocycles. The van der Waals surface area contributed by atoms with Crippen molar-refractivity contribution in [2.45, 2.75) is 26.3 Å². The van der Waals surface area contributed by atoms with E-state index in [0.717, 1.165) is 17.7 Å². The number of halogens is 1. The first-order valence-corrected chi connectivity index (χ1v) is 7.49. The molecule has 3 nitrogen and oxygen atoms in total. The Kier molecular flexibility index (Phi) is 5.09. The maximum atomic E-state index is 13.9. The van der Waals surface area contributed by atoms with Gasteiger partial charge in [-0.05, 0) is 27.0 Å². The predicted molar refractivity (Wildman–Crippen MR) is 79.9 cm³/mol. The van der Waals surface area contributed by atoms with Crippen LogP contribution in [-0.2, 0) is 6.42 Å². The molecule has 1 aromatic carbocycles. The van der Waals surface area contributed by atoms with Crippen molar-refractivity contribution in [3.05, 3.63) is 45.7 Å². The number of para-hydroxylation sites is 1. The van der Waals surface area contributed by atoms with Crippen LogP contribution < -0.4 is 10.1 Å². The fourth-order valence-electron chi connectivity index (χ4n) is 1.99. The number of aryl methyl sites for hydroxylation is 1. The number of hydrogen-bond acceptors (Lipinski definition) is 4. The third-order valence-electron chi connectivity index (χ3n) is 3.32. The van der Waals surface area contributed by atoms with Gasteiger partial charge in [0.25, 0.3) is 0 Å². The monoisotopic (exact) mass is 294 g/mol. The van der Waals surface area contributed by atoms with Crippen LogP contribution in [0.3, 0.4) is 0 Å². The minimum atomic E-state index is -0.314. The molecule has 1 atom stereocenters. The lowest BCUT2D eigenvalue weighted by atomic mass is 10.1. The van der Waals surface area contributed by atoms with Crippen molar-refractivity contribution in [3.63, 3.8) is 0 Å². The summed E-state index contributed by atoms with van der Waals surface area (Å²) in [6.45, 7) is 4.41. The van der Waals surface area contributed by atoms with Crippen molar-refractivity contribution >= 4 is 11.3 Å². The molecule has 1 unspecified atom stereocenters. The molecule has 0 aliphatic heterocycles. The minimum Gasteiger partial charge on any atom is -0.490 e. The van der Waals surface area contributed by atoms with Gasteiger partial charge in [0.05, 0.1) is 17.8 Å². The lowest BCUT2D eigenvalue weighted by Crippen LogP contribution is -2.15. The first kappa shape index (κ1) is 14.9. The van der Waals surface area contributed by atoms with Gasteiger partial charge in [0.2, 0.25) is 0 Å². The molecule has 0 saturated heterocycles. The third-order valence-corrected chi connectivity index (χ3v) is 4.31. The molecule has 0 aliphatic rings. The third kappa shape index (κ3) is 3.35. The summed E-state index contributed by atoms with van der Waals surface area (Å²) in [5.41, 5.74) is 3.69. The Morgan fingerprint density at radius 2 is 2.25 bits per heavy atom. The molecule has 20 heavy (non-hydrogen) atoms. The molecular formula is C15H19FN2OS. The largest absolute Gasteiger partial charge is 0.490 e. The topological polar surface area (TPSA) is 34.1 Å². The number of hydrogen-bond donors (Lipinski definition) is 1. The molecule has 0 saturated carbocycles. The van der Waals surface area contributed by atoms with Gasteiger partial charge in [-0.3, -0.25) is 0 Å². The first-order chi connectivity index (χ1) is 9.63. The molecule has 2 aromatic rings. The zero-order valence-corrected chi connectivity index (χ0v) is 12.8. The molecule has 0 spiro atoms. The second-order valence-electron chi connectivity index (χ2n) is 4.63. The van der Waals surface area contributed by atoms with Gasteiger partial charge in [-0.1, -0.05) is 12.1 Å². The van der Waals surface area contributed by atoms with Crippen LogP contribution in [0.5, 0.6) is 5.75 Å². The standard InChI is InChI=1S/C15H19FN2OS/c1-10(17-3)12-5-4-6-13(16)15(12)19-8-7-14-11(2)18-9-20-14/h4-6,9-10,17H,7-8H2,1-3H3. The van der Waals surface area contributed by atoms with Gasteiger partial charge in [-0.15, -0.1) is 11.3 Å². The lowest BCUT2D eigenvalue weighted by molar-refractivity contribution is 0.299. The highest BCUT2D eigenvalue weighted by molar-refractivity contribution is 7.09. The van der Waals surface area contributed by atoms with Crippen LogP contribution in [-0.4, -0.2) is 18.6 Å². The molecule has 1 heterocycles. The number of thiazole rings is 1. The van der Waals surface area contributed by atoms with Crippen LogP contribution in [0, 0.1) is 12.7 Å². The number of ether oxygens (including phenoxy) is 1. The summed E-state index contributed by atoms with van der Waals surface area (Å²) < 4.78 is 19.6. The Labute approximate surface area is 122 Å². The van der Waals surface area contributed by atoms with E-state index in [1.807, 2.05) is 32.5 Å². The first-order valence-electron chi connectivity index (χ1n) is 6.61. The van der Waals surface area contributed by atoms with Crippen molar-refractivity contribution in [2.75, 3.05) is 13.7 Å². The summed E-state index contributed by atoms with van der Waals surface area (Å²) in [6.07, 6.45) is 0.748. The van der Waals surface area contributed by atoms with Gasteiger partial charge in [0.15, 0.2) is 11.6 Å². The molecule has 0 fully saturated rings. The molecular weight excluding hydrogens is 275 g/mol.